The van der Waals surface area contributed by atoms with Crippen LogP contribution in [0.1, 0.15) is 102 Å². The fraction of sp³-hybridized carbons (Fsp3) is 0.500. The van der Waals surface area contributed by atoms with E-state index in [-0.39, 0.29) is 46.2 Å². The van der Waals surface area contributed by atoms with E-state index in [1.54, 1.807) is 6.08 Å². The first-order valence-electron chi connectivity index (χ1n) is 20.8. The van der Waals surface area contributed by atoms with Gasteiger partial charge in [0, 0.05) is 41.2 Å². The number of hydrogen-bond donors (Lipinski definition) is 4. The number of aliphatic hydroxyl groups excluding tert-OH is 2. The molecule has 324 valence electrons. The van der Waals surface area contributed by atoms with Gasteiger partial charge in [-0.1, -0.05) is 35.5 Å². The number of ketones is 2. The number of aromatic nitrogens is 2. The van der Waals surface area contributed by atoms with Gasteiger partial charge in [-0.15, -0.1) is 0 Å². The number of halogens is 1. The van der Waals surface area contributed by atoms with Crippen LogP contribution in [-0.2, 0) is 25.5 Å². The van der Waals surface area contributed by atoms with Gasteiger partial charge in [0.2, 0.25) is 0 Å². The molecule has 1 spiro atoms. The summed E-state index contributed by atoms with van der Waals surface area (Å²) < 4.78 is 41.5. The number of phenols is 1. The van der Waals surface area contributed by atoms with E-state index in [4.69, 9.17) is 18.9 Å². The number of ether oxygens (including phenoxy) is 4. The summed E-state index contributed by atoms with van der Waals surface area (Å²) in [6.07, 6.45) is 7.23. The van der Waals surface area contributed by atoms with Crippen molar-refractivity contribution >= 4 is 29.4 Å². The van der Waals surface area contributed by atoms with Gasteiger partial charge >= 0.3 is 5.69 Å². The molecule has 3 aliphatic carbocycles. The van der Waals surface area contributed by atoms with E-state index in [0.717, 1.165) is 22.8 Å². The molecule has 7 unspecified atom stereocenters. The Labute approximate surface area is 352 Å². The minimum Gasteiger partial charge on any atom is -0.506 e. The number of alkyl halides is 1. The predicted octanol–water partition coefficient (Wildman–Crippen LogP) is 5.55. The third-order valence-electron chi connectivity index (χ3n) is 13.1. The van der Waals surface area contributed by atoms with Crippen LogP contribution in [0, 0.1) is 11.8 Å². The first-order chi connectivity index (χ1) is 28.9. The van der Waals surface area contributed by atoms with Crippen molar-refractivity contribution in [2.45, 2.75) is 128 Å². The van der Waals surface area contributed by atoms with Crippen LogP contribution in [-0.4, -0.2) is 90.2 Å². The molecule has 3 fully saturated rings. The number of aromatic hydroxyl groups is 1. The number of rotatable bonds is 11. The van der Waals surface area contributed by atoms with Gasteiger partial charge < -0.3 is 39.6 Å². The fourth-order valence-electron chi connectivity index (χ4n) is 9.86. The van der Waals surface area contributed by atoms with Crippen LogP contribution >= 0.6 is 0 Å². The maximum Gasteiger partial charge on any atom is 0.351 e. The fourth-order valence-corrected chi connectivity index (χ4v) is 9.86. The normalized spacial score (nSPS) is 32.9. The Morgan fingerprint density at radius 2 is 1.82 bits per heavy atom. The molecule has 4 N–H and O–H groups in total. The molecule has 1 saturated carbocycles. The monoisotopic (exact) mass is 841 g/mol. The van der Waals surface area contributed by atoms with Crippen LogP contribution < -0.4 is 20.5 Å². The Kier molecular flexibility index (Phi) is 10.6. The molecule has 1 amide bonds. The van der Waals surface area contributed by atoms with Crippen LogP contribution in [0.2, 0.25) is 0 Å². The molecule has 61 heavy (non-hydrogen) atoms. The lowest BCUT2D eigenvalue weighted by Crippen LogP contribution is -2.72. The smallest absolute Gasteiger partial charge is 0.351 e. The third-order valence-corrected chi connectivity index (χ3v) is 13.1. The van der Waals surface area contributed by atoms with E-state index in [2.05, 4.69) is 16.4 Å². The standard InChI is InChI=1S/C46H52FN3O11/c1-22(2)9-8-15-44(7)16-13-27-35(52)33-36(53)30-20-26-19-29-25(6)59-45(40(26)55,46(29,30)61-39(33)28(38(27)60-44)11-10-23(3)4)17-12-24(5)41(56)48-32-14-18-50(43(57)49-32)42-34(47)37(54)31(21-51)58-42/h9-10,12-14,16,18,20,25-26,29,31,34,37,42,51-52,54H,8,11,15,17,19,21H2,1-7H3,(H,48,49,56,57)/b24-12-/t25?,26?,29?,31-,34?,37-,42-,44?,45?,46?/m1/s1. The maximum absolute atomic E-state index is 15.0. The van der Waals surface area contributed by atoms with Crippen molar-refractivity contribution in [2.24, 2.45) is 11.8 Å². The predicted molar refractivity (Wildman–Crippen MR) is 221 cm³/mol. The molecule has 10 atom stereocenters. The van der Waals surface area contributed by atoms with E-state index in [1.807, 2.05) is 59.8 Å². The van der Waals surface area contributed by atoms with Gasteiger partial charge in [0.05, 0.1) is 18.3 Å². The Hall–Kier alpha value is -5.22. The summed E-state index contributed by atoms with van der Waals surface area (Å²) in [6, 6.07) is 1.26. The second-order valence-corrected chi connectivity index (χ2v) is 17.8. The van der Waals surface area contributed by atoms with Crippen molar-refractivity contribution in [3.05, 3.63) is 92.1 Å². The highest BCUT2D eigenvalue weighted by atomic mass is 19.1. The Balaban J connectivity index is 1.14. The van der Waals surface area contributed by atoms with Crippen molar-refractivity contribution in [1.29, 1.82) is 0 Å². The van der Waals surface area contributed by atoms with Crippen molar-refractivity contribution in [1.82, 2.24) is 9.55 Å². The second kappa shape index (κ2) is 15.3. The van der Waals surface area contributed by atoms with E-state index >= 15 is 0 Å². The minimum atomic E-state index is -2.00. The van der Waals surface area contributed by atoms with Gasteiger partial charge in [-0.3, -0.25) is 19.0 Å². The number of benzene rings is 1. The van der Waals surface area contributed by atoms with E-state index in [0.29, 0.717) is 36.1 Å². The molecule has 9 rings (SSSR count). The number of Topliss-reactive ketones (excluding diaryl/α,β-unsaturated/α-hetero) is 2. The third kappa shape index (κ3) is 6.62. The number of allylic oxidation sites excluding steroid dienone is 5. The van der Waals surface area contributed by atoms with E-state index in [9.17, 15) is 38.9 Å². The van der Waals surface area contributed by atoms with Gasteiger partial charge in [-0.05, 0) is 92.4 Å². The second-order valence-electron chi connectivity index (χ2n) is 17.8. The molecule has 14 nitrogen and oxygen atoms in total. The largest absolute Gasteiger partial charge is 0.506 e. The quantitative estimate of drug-likeness (QED) is 0.163. The number of amides is 1. The highest BCUT2D eigenvalue weighted by Gasteiger charge is 2.79. The first kappa shape index (κ1) is 42.5. The molecule has 1 aromatic carbocycles. The van der Waals surface area contributed by atoms with E-state index < -0.39 is 83.3 Å². The van der Waals surface area contributed by atoms with Gasteiger partial charge in [0.1, 0.15) is 46.4 Å². The SMILES string of the molecule is CC(C)=CCCC1(C)C=Cc2c(O)c3c(c(CC=C(C)C)c2O1)OC12C(=CC4CC1C(C)OC2(C/C=C(/C)C(=O)Nc1ccn([C@@H]2O[C@H](CO)[C@@H](O)C2F)c(=O)n1)C4=O)C3=O. The lowest BCUT2D eigenvalue weighted by molar-refractivity contribution is -0.167. The average molecular weight is 842 g/mol. The van der Waals surface area contributed by atoms with Crippen LogP contribution in [0.3, 0.4) is 0 Å². The van der Waals surface area contributed by atoms with Crippen molar-refractivity contribution < 1.29 is 53.0 Å². The molecule has 15 heteroatoms. The molecule has 1 aromatic heterocycles. The summed E-state index contributed by atoms with van der Waals surface area (Å²) in [5.74, 6) is -2.38. The number of carbonyl (C=O) groups is 3. The van der Waals surface area contributed by atoms with Crippen LogP contribution in [0.15, 0.2) is 69.7 Å². The Morgan fingerprint density at radius 3 is 2.49 bits per heavy atom. The van der Waals surface area contributed by atoms with Gasteiger partial charge in [0.25, 0.3) is 5.91 Å². The summed E-state index contributed by atoms with van der Waals surface area (Å²) in [5.41, 5.74) is -1.50. The zero-order valence-electron chi connectivity index (χ0n) is 35.3. The van der Waals surface area contributed by atoms with Gasteiger partial charge in [-0.25, -0.2) is 9.18 Å². The summed E-state index contributed by atoms with van der Waals surface area (Å²) >= 11 is 0. The molecule has 2 aromatic rings. The lowest BCUT2D eigenvalue weighted by atomic mass is 9.52. The molecular weight excluding hydrogens is 790 g/mol. The van der Waals surface area contributed by atoms with Crippen LogP contribution in [0.4, 0.5) is 10.2 Å². The van der Waals surface area contributed by atoms with Gasteiger partial charge in [-0.2, -0.15) is 4.98 Å². The summed E-state index contributed by atoms with van der Waals surface area (Å²) in [4.78, 5) is 59.9. The summed E-state index contributed by atoms with van der Waals surface area (Å²) in [6.45, 7) is 12.7. The Bertz CT molecular complexity index is 2440. The molecular formula is C46H52FN3O11. The molecule has 4 bridgehead atoms. The van der Waals surface area contributed by atoms with Crippen LogP contribution in [0.25, 0.3) is 6.08 Å². The number of hydrogen-bond acceptors (Lipinski definition) is 12. The van der Waals surface area contributed by atoms with Crippen molar-refractivity contribution in [3.63, 3.8) is 0 Å². The van der Waals surface area contributed by atoms with Crippen molar-refractivity contribution in [2.75, 3.05) is 11.9 Å². The lowest BCUT2D eigenvalue weighted by Gasteiger charge is -2.56. The molecule has 4 aliphatic heterocycles. The van der Waals surface area contributed by atoms with Crippen LogP contribution in [0.5, 0.6) is 17.2 Å². The minimum absolute atomic E-state index is 0.00261. The number of nitrogens with zero attached hydrogens (tertiary/aromatic N) is 2. The summed E-state index contributed by atoms with van der Waals surface area (Å²) in [7, 11) is 0. The average Bonchev–Trinajstić information content (AvgIpc) is 3.59. The zero-order chi connectivity index (χ0) is 43.9. The molecule has 7 aliphatic rings. The highest BCUT2D eigenvalue weighted by molar-refractivity contribution is 6.19. The van der Waals surface area contributed by atoms with Crippen molar-refractivity contribution in [3.8, 4) is 17.2 Å². The summed E-state index contributed by atoms with van der Waals surface area (Å²) in [5, 5.41) is 33.9. The molecule has 0 radical (unpaired) electrons. The number of carbonyl (C=O) groups excluding carboxylic acids is 3. The number of nitrogens with one attached hydrogen (secondary N) is 1. The zero-order valence-corrected chi connectivity index (χ0v) is 35.3. The number of aliphatic hydroxyl groups is 2. The highest BCUT2D eigenvalue weighted by Crippen LogP contribution is 2.66. The molecule has 5 heterocycles. The number of fused-ring (bicyclic) bond motifs is 2. The van der Waals surface area contributed by atoms with E-state index in [1.165, 1.54) is 24.6 Å². The molecule has 2 saturated heterocycles. The number of phenolic OH excluding ortho intramolecular Hbond substituents is 1. The topological polar surface area (TPSA) is 196 Å². The first-order valence-corrected chi connectivity index (χ1v) is 20.8. The number of anilines is 1. The Morgan fingerprint density at radius 1 is 1.08 bits per heavy atom. The maximum atomic E-state index is 15.0. The van der Waals surface area contributed by atoms with Gasteiger partial charge in [0.15, 0.2) is 35.2 Å².